The summed E-state index contributed by atoms with van der Waals surface area (Å²) in [6.07, 6.45) is 3.36. The largest absolute Gasteiger partial charge is 0.505 e. The van der Waals surface area contributed by atoms with Crippen molar-refractivity contribution in [2.45, 2.75) is 12.8 Å². The maximum Gasteiger partial charge on any atom is 0.339 e. The van der Waals surface area contributed by atoms with Crippen LogP contribution < -0.4 is 5.32 Å². The molecule has 0 fully saturated rings. The number of anilines is 1. The van der Waals surface area contributed by atoms with Crippen molar-refractivity contribution in [3.05, 3.63) is 36.4 Å². The van der Waals surface area contributed by atoms with Crippen LogP contribution >= 0.6 is 0 Å². The number of hydrogen-bond acceptors (Lipinski definition) is 3. The lowest BCUT2D eigenvalue weighted by molar-refractivity contribution is 0.0693. The number of aromatic hydroxyl groups is 1. The van der Waals surface area contributed by atoms with Crippen LogP contribution in [-0.4, -0.2) is 40.7 Å². The predicted molar refractivity (Wildman–Crippen MR) is 76.1 cm³/mol. The molecule has 0 saturated heterocycles. The number of carboxylic acid groups (broad SMARTS) is 1. The molecule has 0 radical (unpaired) electrons. The zero-order chi connectivity index (χ0) is 15.1. The molecule has 2 amide bonds. The number of unbranched alkanes of at least 4 members (excludes halogenated alkanes) is 1. The first-order valence-electron chi connectivity index (χ1n) is 6.15. The van der Waals surface area contributed by atoms with E-state index in [2.05, 4.69) is 11.9 Å². The molecule has 0 heterocycles. The Morgan fingerprint density at radius 2 is 2.15 bits per heavy atom. The standard InChI is InChI=1S/C14H18N2O4/c1-3-4-5-9-16(2)14(20)15-11-8-6-7-10(12(11)17)13(18)19/h3,6-8,17H,1,4-5,9H2,2H3,(H,15,20)(H,18,19). The molecule has 1 aromatic rings. The van der Waals surface area contributed by atoms with Crippen LogP contribution in [-0.2, 0) is 0 Å². The molecule has 0 bridgehead atoms. The van der Waals surface area contributed by atoms with Crippen molar-refractivity contribution in [3.8, 4) is 5.75 Å². The molecule has 108 valence electrons. The lowest BCUT2D eigenvalue weighted by Gasteiger charge is -2.18. The van der Waals surface area contributed by atoms with Crippen molar-refractivity contribution in [2.24, 2.45) is 0 Å². The number of rotatable bonds is 6. The third-order valence-electron chi connectivity index (χ3n) is 2.76. The van der Waals surface area contributed by atoms with E-state index in [9.17, 15) is 14.7 Å². The van der Waals surface area contributed by atoms with Gasteiger partial charge < -0.3 is 20.4 Å². The summed E-state index contributed by atoms with van der Waals surface area (Å²) in [5.74, 6) is -1.70. The Bertz CT molecular complexity index is 514. The molecule has 0 spiro atoms. The average molecular weight is 278 g/mol. The molecule has 0 saturated carbocycles. The summed E-state index contributed by atoms with van der Waals surface area (Å²) in [5, 5.41) is 21.1. The number of carbonyl (C=O) groups excluding carboxylic acids is 1. The van der Waals surface area contributed by atoms with Gasteiger partial charge in [-0.05, 0) is 25.0 Å². The molecular weight excluding hydrogens is 260 g/mol. The summed E-state index contributed by atoms with van der Waals surface area (Å²) in [4.78, 5) is 24.2. The zero-order valence-corrected chi connectivity index (χ0v) is 11.3. The van der Waals surface area contributed by atoms with Gasteiger partial charge >= 0.3 is 12.0 Å². The maximum atomic E-state index is 11.9. The summed E-state index contributed by atoms with van der Waals surface area (Å²) in [7, 11) is 1.62. The average Bonchev–Trinajstić information content (AvgIpc) is 2.40. The van der Waals surface area contributed by atoms with Crippen LogP contribution in [0.25, 0.3) is 0 Å². The summed E-state index contributed by atoms with van der Waals surface area (Å²) < 4.78 is 0. The topological polar surface area (TPSA) is 89.9 Å². The van der Waals surface area contributed by atoms with E-state index in [1.54, 1.807) is 13.1 Å². The highest BCUT2D eigenvalue weighted by atomic mass is 16.4. The number of nitrogens with one attached hydrogen (secondary N) is 1. The zero-order valence-electron chi connectivity index (χ0n) is 11.3. The molecule has 20 heavy (non-hydrogen) atoms. The highest BCUT2D eigenvalue weighted by molar-refractivity contribution is 5.97. The fourth-order valence-electron chi connectivity index (χ4n) is 1.60. The second-order valence-electron chi connectivity index (χ2n) is 4.29. The van der Waals surface area contributed by atoms with E-state index in [1.807, 2.05) is 0 Å². The highest BCUT2D eigenvalue weighted by Crippen LogP contribution is 2.27. The first-order chi connectivity index (χ1) is 9.47. The van der Waals surface area contributed by atoms with Gasteiger partial charge in [0.15, 0.2) is 5.75 Å². The number of allylic oxidation sites excluding steroid dienone is 1. The fraction of sp³-hybridized carbons (Fsp3) is 0.286. The molecule has 1 aromatic carbocycles. The van der Waals surface area contributed by atoms with Gasteiger partial charge in [-0.3, -0.25) is 0 Å². The maximum absolute atomic E-state index is 11.9. The minimum Gasteiger partial charge on any atom is -0.505 e. The lowest BCUT2D eigenvalue weighted by Crippen LogP contribution is -2.32. The van der Waals surface area contributed by atoms with Gasteiger partial charge in [0, 0.05) is 13.6 Å². The Morgan fingerprint density at radius 3 is 2.75 bits per heavy atom. The molecule has 0 aliphatic heterocycles. The second-order valence-corrected chi connectivity index (χ2v) is 4.29. The predicted octanol–water partition coefficient (Wildman–Crippen LogP) is 2.52. The number of hydrogen-bond donors (Lipinski definition) is 3. The van der Waals surface area contributed by atoms with Crippen LogP contribution in [0.1, 0.15) is 23.2 Å². The van der Waals surface area contributed by atoms with Gasteiger partial charge in [0.1, 0.15) is 5.56 Å². The van der Waals surface area contributed by atoms with E-state index in [0.717, 1.165) is 12.8 Å². The number of carboxylic acids is 1. The Hall–Kier alpha value is -2.50. The molecule has 0 atom stereocenters. The summed E-state index contributed by atoms with van der Waals surface area (Å²) >= 11 is 0. The first kappa shape index (κ1) is 15.6. The minimum atomic E-state index is -1.25. The van der Waals surface area contributed by atoms with E-state index in [0.29, 0.717) is 6.54 Å². The number of aromatic carboxylic acids is 1. The molecule has 6 nitrogen and oxygen atoms in total. The summed E-state index contributed by atoms with van der Waals surface area (Å²) in [5.41, 5.74) is -0.178. The number of nitrogens with zero attached hydrogens (tertiary/aromatic N) is 1. The van der Waals surface area contributed by atoms with Crippen molar-refractivity contribution in [1.29, 1.82) is 0 Å². The number of carbonyl (C=O) groups is 2. The second kappa shape index (κ2) is 7.18. The Balaban J connectivity index is 2.73. The molecule has 1 rings (SSSR count). The van der Waals surface area contributed by atoms with Gasteiger partial charge in [-0.15, -0.1) is 6.58 Å². The summed E-state index contributed by atoms with van der Waals surface area (Å²) in [6.45, 7) is 4.14. The van der Waals surface area contributed by atoms with E-state index in [1.165, 1.54) is 23.1 Å². The molecule has 3 N–H and O–H groups in total. The number of benzene rings is 1. The van der Waals surface area contributed by atoms with Crippen molar-refractivity contribution in [2.75, 3.05) is 18.9 Å². The molecule has 0 aliphatic rings. The molecule has 0 aliphatic carbocycles. The Kier molecular flexibility index (Phi) is 5.58. The smallest absolute Gasteiger partial charge is 0.339 e. The first-order valence-corrected chi connectivity index (χ1v) is 6.15. The number of urea groups is 1. The summed E-state index contributed by atoms with van der Waals surface area (Å²) in [6, 6.07) is 3.75. The van der Waals surface area contributed by atoms with Crippen molar-refractivity contribution in [1.82, 2.24) is 4.90 Å². The van der Waals surface area contributed by atoms with Gasteiger partial charge in [0.2, 0.25) is 0 Å². The van der Waals surface area contributed by atoms with Gasteiger partial charge in [-0.1, -0.05) is 12.1 Å². The van der Waals surface area contributed by atoms with E-state index in [4.69, 9.17) is 5.11 Å². The van der Waals surface area contributed by atoms with Crippen molar-refractivity contribution < 1.29 is 19.8 Å². The van der Waals surface area contributed by atoms with Crippen molar-refractivity contribution in [3.63, 3.8) is 0 Å². The molecule has 6 heteroatoms. The van der Waals surface area contributed by atoms with Crippen LogP contribution in [0.15, 0.2) is 30.9 Å². The van der Waals surface area contributed by atoms with E-state index < -0.39 is 17.7 Å². The van der Waals surface area contributed by atoms with Crippen molar-refractivity contribution >= 4 is 17.7 Å². The van der Waals surface area contributed by atoms with Gasteiger partial charge in [0.25, 0.3) is 0 Å². The monoisotopic (exact) mass is 278 g/mol. The normalized spacial score (nSPS) is 9.85. The van der Waals surface area contributed by atoms with Crippen LogP contribution in [0.4, 0.5) is 10.5 Å². The van der Waals surface area contributed by atoms with Crippen LogP contribution in [0.2, 0.25) is 0 Å². The number of amides is 2. The van der Waals surface area contributed by atoms with Gasteiger partial charge in [0.05, 0.1) is 5.69 Å². The van der Waals surface area contributed by atoms with Crippen LogP contribution in [0, 0.1) is 0 Å². The quantitative estimate of drug-likeness (QED) is 0.423. The van der Waals surface area contributed by atoms with Gasteiger partial charge in [-0.25, -0.2) is 9.59 Å². The number of phenols is 1. The van der Waals surface area contributed by atoms with E-state index in [-0.39, 0.29) is 11.3 Å². The molecular formula is C14H18N2O4. The SMILES string of the molecule is C=CCCCN(C)C(=O)Nc1cccc(C(=O)O)c1O. The Labute approximate surface area is 117 Å². The third-order valence-corrected chi connectivity index (χ3v) is 2.76. The fourth-order valence-corrected chi connectivity index (χ4v) is 1.60. The number of para-hydroxylation sites is 1. The third kappa shape index (κ3) is 4.01. The minimum absolute atomic E-state index is 0.0745. The lowest BCUT2D eigenvalue weighted by atomic mass is 10.1. The van der Waals surface area contributed by atoms with E-state index >= 15 is 0 Å². The molecule has 0 unspecified atom stereocenters. The van der Waals surface area contributed by atoms with Crippen LogP contribution in [0.5, 0.6) is 5.75 Å². The van der Waals surface area contributed by atoms with Crippen LogP contribution in [0.3, 0.4) is 0 Å². The Morgan fingerprint density at radius 1 is 1.45 bits per heavy atom. The highest BCUT2D eigenvalue weighted by Gasteiger charge is 2.16. The van der Waals surface area contributed by atoms with Gasteiger partial charge in [-0.2, -0.15) is 0 Å². The molecule has 0 aromatic heterocycles.